The Labute approximate surface area is 78.1 Å². The van der Waals surface area contributed by atoms with Gasteiger partial charge in [-0.15, -0.1) is 0 Å². The molecule has 1 rings (SSSR count). The summed E-state index contributed by atoms with van der Waals surface area (Å²) in [6.07, 6.45) is 1.90. The molecule has 0 aromatic carbocycles. The van der Waals surface area contributed by atoms with Crippen LogP contribution in [0.3, 0.4) is 0 Å². The van der Waals surface area contributed by atoms with Crippen LogP contribution in [-0.2, 0) is 16.4 Å². The smallest absolute Gasteiger partial charge is 0.230 e. The molecule has 1 heterocycles. The first-order chi connectivity index (χ1) is 6.01. The molecule has 1 N–H and O–H groups in total. The third-order valence-electron chi connectivity index (χ3n) is 1.46. The van der Waals surface area contributed by atoms with Crippen LogP contribution in [0.4, 0.5) is 5.82 Å². The molecule has 13 heavy (non-hydrogen) atoms. The average Bonchev–Trinajstić information content (AvgIpc) is 2.01. The topological polar surface area (TPSA) is 59.1 Å². The number of aromatic nitrogens is 1. The molecule has 0 amide bonds. The number of pyridine rings is 1. The van der Waals surface area contributed by atoms with Gasteiger partial charge < -0.3 is 0 Å². The van der Waals surface area contributed by atoms with Gasteiger partial charge in [0, 0.05) is 5.69 Å². The average molecular weight is 200 g/mol. The van der Waals surface area contributed by atoms with Crippen molar-refractivity contribution >= 4 is 15.8 Å². The van der Waals surface area contributed by atoms with Crippen molar-refractivity contribution in [2.75, 3.05) is 11.0 Å². The molecule has 1 aromatic heterocycles. The van der Waals surface area contributed by atoms with Gasteiger partial charge in [0.15, 0.2) is 0 Å². The van der Waals surface area contributed by atoms with E-state index in [2.05, 4.69) is 9.71 Å². The molecule has 0 aliphatic carbocycles. The normalized spacial score (nSPS) is 11.2. The number of sulfonamides is 1. The highest BCUT2D eigenvalue weighted by molar-refractivity contribution is 7.92. The van der Waals surface area contributed by atoms with Gasteiger partial charge in [-0.05, 0) is 18.6 Å². The minimum atomic E-state index is -3.21. The molecule has 0 saturated carbocycles. The first-order valence-electron chi connectivity index (χ1n) is 3.95. The maximum atomic E-state index is 10.8. The summed E-state index contributed by atoms with van der Waals surface area (Å²) < 4.78 is 24.0. The Morgan fingerprint density at radius 1 is 1.46 bits per heavy atom. The lowest BCUT2D eigenvalue weighted by molar-refractivity contribution is 0.606. The monoisotopic (exact) mass is 200 g/mol. The molecule has 0 fully saturated rings. The standard InChI is InChI=1S/C8H12N2O2S/c1-3-7-5-4-6-8(9-7)10-13(2,11)12/h4-6H,3H2,1-2H3,(H,9,10). The lowest BCUT2D eigenvalue weighted by Gasteiger charge is -2.03. The molecule has 72 valence electrons. The summed E-state index contributed by atoms with van der Waals surface area (Å²) >= 11 is 0. The molecule has 0 saturated heterocycles. The molecule has 0 bridgehead atoms. The number of hydrogen-bond acceptors (Lipinski definition) is 3. The van der Waals surface area contributed by atoms with Gasteiger partial charge in [-0.25, -0.2) is 13.4 Å². The molecule has 0 aliphatic heterocycles. The van der Waals surface area contributed by atoms with Crippen molar-refractivity contribution in [3.8, 4) is 0 Å². The van der Waals surface area contributed by atoms with Crippen LogP contribution in [0.1, 0.15) is 12.6 Å². The van der Waals surface area contributed by atoms with Crippen LogP contribution >= 0.6 is 0 Å². The fraction of sp³-hybridized carbons (Fsp3) is 0.375. The predicted molar refractivity (Wildman–Crippen MR) is 52.1 cm³/mol. The molecule has 0 atom stereocenters. The molecule has 5 heteroatoms. The molecule has 0 unspecified atom stereocenters. The van der Waals surface area contributed by atoms with E-state index < -0.39 is 10.0 Å². The quantitative estimate of drug-likeness (QED) is 0.792. The van der Waals surface area contributed by atoms with Crippen LogP contribution in [0.15, 0.2) is 18.2 Å². The van der Waals surface area contributed by atoms with Crippen LogP contribution in [0.2, 0.25) is 0 Å². The Bertz CT molecular complexity index is 387. The van der Waals surface area contributed by atoms with Crippen LogP contribution in [0, 0.1) is 0 Å². The van der Waals surface area contributed by atoms with E-state index in [1.807, 2.05) is 13.0 Å². The van der Waals surface area contributed by atoms with E-state index in [1.54, 1.807) is 12.1 Å². The summed E-state index contributed by atoms with van der Waals surface area (Å²) in [6, 6.07) is 5.26. The first-order valence-corrected chi connectivity index (χ1v) is 5.84. The number of anilines is 1. The Hall–Kier alpha value is -1.10. The zero-order valence-corrected chi connectivity index (χ0v) is 8.43. The van der Waals surface area contributed by atoms with Crippen molar-refractivity contribution in [1.29, 1.82) is 0 Å². The van der Waals surface area contributed by atoms with E-state index in [0.29, 0.717) is 5.82 Å². The van der Waals surface area contributed by atoms with Gasteiger partial charge in [0.1, 0.15) is 5.82 Å². The molecule has 0 radical (unpaired) electrons. The van der Waals surface area contributed by atoms with Gasteiger partial charge >= 0.3 is 0 Å². The molecule has 4 nitrogen and oxygen atoms in total. The highest BCUT2D eigenvalue weighted by Gasteiger charge is 2.02. The van der Waals surface area contributed by atoms with Crippen molar-refractivity contribution < 1.29 is 8.42 Å². The largest absolute Gasteiger partial charge is 0.268 e. The second-order valence-corrected chi connectivity index (χ2v) is 4.49. The highest BCUT2D eigenvalue weighted by atomic mass is 32.2. The maximum Gasteiger partial charge on any atom is 0.230 e. The third kappa shape index (κ3) is 3.42. The van der Waals surface area contributed by atoms with Crippen molar-refractivity contribution in [1.82, 2.24) is 4.98 Å². The van der Waals surface area contributed by atoms with E-state index in [4.69, 9.17) is 0 Å². The Morgan fingerprint density at radius 3 is 2.69 bits per heavy atom. The minimum absolute atomic E-state index is 0.377. The Kier molecular flexibility index (Phi) is 2.87. The number of hydrogen-bond donors (Lipinski definition) is 1. The van der Waals surface area contributed by atoms with E-state index in [-0.39, 0.29) is 0 Å². The molecular weight excluding hydrogens is 188 g/mol. The van der Waals surface area contributed by atoms with Crippen LogP contribution in [-0.4, -0.2) is 19.7 Å². The first kappa shape index (κ1) is 9.98. The number of nitrogens with zero attached hydrogens (tertiary/aromatic N) is 1. The van der Waals surface area contributed by atoms with E-state index in [9.17, 15) is 8.42 Å². The summed E-state index contributed by atoms with van der Waals surface area (Å²) in [5.41, 5.74) is 0.869. The summed E-state index contributed by atoms with van der Waals surface area (Å²) in [7, 11) is -3.21. The fourth-order valence-corrected chi connectivity index (χ4v) is 1.42. The summed E-state index contributed by atoms with van der Waals surface area (Å²) in [5.74, 6) is 0.377. The molecule has 1 aromatic rings. The summed E-state index contributed by atoms with van der Waals surface area (Å²) in [5, 5.41) is 0. The molecule has 0 spiro atoms. The van der Waals surface area contributed by atoms with Gasteiger partial charge in [0.25, 0.3) is 0 Å². The zero-order valence-electron chi connectivity index (χ0n) is 7.61. The summed E-state index contributed by atoms with van der Waals surface area (Å²) in [6.45, 7) is 1.96. The predicted octanol–water partition coefficient (Wildman–Crippen LogP) is 1.02. The van der Waals surface area contributed by atoms with E-state index in [0.717, 1.165) is 18.4 Å². The van der Waals surface area contributed by atoms with E-state index in [1.165, 1.54) is 0 Å². The van der Waals surface area contributed by atoms with Crippen molar-refractivity contribution in [3.63, 3.8) is 0 Å². The number of rotatable bonds is 3. The lowest BCUT2D eigenvalue weighted by Crippen LogP contribution is -2.11. The van der Waals surface area contributed by atoms with Crippen molar-refractivity contribution in [2.45, 2.75) is 13.3 Å². The van der Waals surface area contributed by atoms with Crippen LogP contribution in [0.5, 0.6) is 0 Å². The fourth-order valence-electron chi connectivity index (χ4n) is 0.923. The summed E-state index contributed by atoms with van der Waals surface area (Å²) in [4.78, 5) is 4.09. The van der Waals surface area contributed by atoms with Crippen molar-refractivity contribution in [2.24, 2.45) is 0 Å². The zero-order chi connectivity index (χ0) is 9.90. The van der Waals surface area contributed by atoms with Gasteiger partial charge in [-0.2, -0.15) is 0 Å². The lowest BCUT2D eigenvalue weighted by atomic mass is 10.3. The number of aryl methyl sites for hydroxylation is 1. The molecular formula is C8H12N2O2S. The second kappa shape index (κ2) is 3.74. The van der Waals surface area contributed by atoms with Gasteiger partial charge in [0.05, 0.1) is 6.26 Å². The molecule has 0 aliphatic rings. The van der Waals surface area contributed by atoms with E-state index >= 15 is 0 Å². The Balaban J connectivity index is 2.90. The highest BCUT2D eigenvalue weighted by Crippen LogP contribution is 2.06. The minimum Gasteiger partial charge on any atom is -0.268 e. The van der Waals surface area contributed by atoms with Gasteiger partial charge in [0.2, 0.25) is 10.0 Å². The SMILES string of the molecule is CCc1cccc(NS(C)(=O)=O)n1. The second-order valence-electron chi connectivity index (χ2n) is 2.74. The van der Waals surface area contributed by atoms with Gasteiger partial charge in [-0.3, -0.25) is 4.72 Å². The third-order valence-corrected chi connectivity index (χ3v) is 2.04. The van der Waals surface area contributed by atoms with Crippen LogP contribution < -0.4 is 4.72 Å². The number of nitrogens with one attached hydrogen (secondary N) is 1. The Morgan fingerprint density at radius 2 is 2.15 bits per heavy atom. The maximum absolute atomic E-state index is 10.8. The van der Waals surface area contributed by atoms with Crippen LogP contribution in [0.25, 0.3) is 0 Å². The van der Waals surface area contributed by atoms with Crippen molar-refractivity contribution in [3.05, 3.63) is 23.9 Å². The van der Waals surface area contributed by atoms with Gasteiger partial charge in [-0.1, -0.05) is 13.0 Å².